The number of aryl methyl sites for hydroxylation is 2. The minimum Gasteiger partial charge on any atom is -0.368 e. The summed E-state index contributed by atoms with van der Waals surface area (Å²) in [6.07, 6.45) is 1.95. The lowest BCUT2D eigenvalue weighted by molar-refractivity contribution is 0.0456. The van der Waals surface area contributed by atoms with E-state index in [1.54, 1.807) is 0 Å². The molecular formula is C23H24ClNO. The minimum atomic E-state index is -0.0687. The standard InChI is InChI=1S/C23H24ClNO/c24-22-14-12-19(13-15-22)7-6-18-8-10-20(11-9-18)17-26-23(16-25)21-4-2-1-3-5-21/h1-5,8-15,23H,6-7,16-17,25H2/t23-/m0/s1. The fourth-order valence-corrected chi connectivity index (χ4v) is 3.03. The maximum Gasteiger partial charge on any atom is 0.0951 e. The van der Waals surface area contributed by atoms with Crippen molar-refractivity contribution in [2.24, 2.45) is 5.73 Å². The van der Waals surface area contributed by atoms with E-state index in [4.69, 9.17) is 22.1 Å². The van der Waals surface area contributed by atoms with Crippen LogP contribution in [0.15, 0.2) is 78.9 Å². The number of rotatable bonds is 8. The zero-order valence-electron chi connectivity index (χ0n) is 14.8. The Morgan fingerprint density at radius 2 is 1.27 bits per heavy atom. The average Bonchev–Trinajstić information content (AvgIpc) is 2.70. The molecule has 0 bridgehead atoms. The van der Waals surface area contributed by atoms with E-state index in [0.717, 1.165) is 29.0 Å². The highest BCUT2D eigenvalue weighted by atomic mass is 35.5. The van der Waals surface area contributed by atoms with Gasteiger partial charge in [-0.2, -0.15) is 0 Å². The Labute approximate surface area is 160 Å². The lowest BCUT2D eigenvalue weighted by atomic mass is 10.0. The number of benzene rings is 3. The Morgan fingerprint density at radius 1 is 0.731 bits per heavy atom. The largest absolute Gasteiger partial charge is 0.368 e. The van der Waals surface area contributed by atoms with Gasteiger partial charge in [-0.15, -0.1) is 0 Å². The number of halogens is 1. The molecule has 0 amide bonds. The van der Waals surface area contributed by atoms with Crippen molar-refractivity contribution >= 4 is 11.6 Å². The van der Waals surface area contributed by atoms with Crippen LogP contribution in [0.4, 0.5) is 0 Å². The number of ether oxygens (including phenoxy) is 1. The van der Waals surface area contributed by atoms with Crippen LogP contribution in [0.5, 0.6) is 0 Å². The van der Waals surface area contributed by atoms with Gasteiger partial charge in [-0.25, -0.2) is 0 Å². The van der Waals surface area contributed by atoms with Crippen molar-refractivity contribution < 1.29 is 4.74 Å². The predicted molar refractivity (Wildman–Crippen MR) is 108 cm³/mol. The third kappa shape index (κ3) is 5.43. The smallest absolute Gasteiger partial charge is 0.0951 e. The van der Waals surface area contributed by atoms with E-state index in [9.17, 15) is 0 Å². The van der Waals surface area contributed by atoms with Crippen molar-refractivity contribution in [2.45, 2.75) is 25.6 Å². The molecule has 1 atom stereocenters. The molecule has 3 rings (SSSR count). The van der Waals surface area contributed by atoms with E-state index in [0.29, 0.717) is 13.2 Å². The first kappa shape index (κ1) is 18.7. The molecular weight excluding hydrogens is 342 g/mol. The fraction of sp³-hybridized carbons (Fsp3) is 0.217. The van der Waals surface area contributed by atoms with Crippen LogP contribution >= 0.6 is 11.6 Å². The molecule has 3 aromatic carbocycles. The van der Waals surface area contributed by atoms with Gasteiger partial charge in [0.15, 0.2) is 0 Å². The van der Waals surface area contributed by atoms with E-state index < -0.39 is 0 Å². The second-order valence-electron chi connectivity index (χ2n) is 6.39. The van der Waals surface area contributed by atoms with Crippen molar-refractivity contribution in [3.63, 3.8) is 0 Å². The van der Waals surface area contributed by atoms with E-state index in [-0.39, 0.29) is 6.10 Å². The predicted octanol–water partition coefficient (Wildman–Crippen LogP) is 5.34. The van der Waals surface area contributed by atoms with Gasteiger partial charge in [-0.1, -0.05) is 78.3 Å². The summed E-state index contributed by atoms with van der Waals surface area (Å²) in [4.78, 5) is 0. The first-order chi connectivity index (χ1) is 12.7. The van der Waals surface area contributed by atoms with Gasteiger partial charge in [0.25, 0.3) is 0 Å². The lowest BCUT2D eigenvalue weighted by Gasteiger charge is -2.16. The Bertz CT molecular complexity index is 785. The van der Waals surface area contributed by atoms with Gasteiger partial charge in [-0.3, -0.25) is 0 Å². The maximum atomic E-state index is 6.01. The van der Waals surface area contributed by atoms with E-state index in [1.165, 1.54) is 11.1 Å². The van der Waals surface area contributed by atoms with Crippen molar-refractivity contribution in [1.29, 1.82) is 0 Å². The summed E-state index contributed by atoms with van der Waals surface area (Å²) in [5.41, 5.74) is 10.8. The van der Waals surface area contributed by atoms with E-state index >= 15 is 0 Å². The molecule has 0 unspecified atom stereocenters. The van der Waals surface area contributed by atoms with Crippen molar-refractivity contribution in [1.82, 2.24) is 0 Å². The average molecular weight is 366 g/mol. The number of hydrogen-bond donors (Lipinski definition) is 1. The molecule has 2 N–H and O–H groups in total. The molecule has 0 aliphatic heterocycles. The quantitative estimate of drug-likeness (QED) is 0.584. The van der Waals surface area contributed by atoms with Crippen LogP contribution in [-0.4, -0.2) is 6.54 Å². The van der Waals surface area contributed by atoms with Crippen LogP contribution in [0.25, 0.3) is 0 Å². The molecule has 0 saturated carbocycles. The van der Waals surface area contributed by atoms with E-state index in [1.807, 2.05) is 30.3 Å². The summed E-state index contributed by atoms with van der Waals surface area (Å²) in [6.45, 7) is 1.04. The first-order valence-electron chi connectivity index (χ1n) is 8.93. The van der Waals surface area contributed by atoms with Crippen LogP contribution in [-0.2, 0) is 24.2 Å². The lowest BCUT2D eigenvalue weighted by Crippen LogP contribution is -2.15. The monoisotopic (exact) mass is 365 g/mol. The Kier molecular flexibility index (Phi) is 6.84. The maximum absolute atomic E-state index is 6.01. The normalized spacial score (nSPS) is 12.1. The molecule has 134 valence electrons. The molecule has 0 aliphatic rings. The first-order valence-corrected chi connectivity index (χ1v) is 9.31. The highest BCUT2D eigenvalue weighted by molar-refractivity contribution is 6.30. The topological polar surface area (TPSA) is 35.2 Å². The summed E-state index contributed by atoms with van der Waals surface area (Å²) in [7, 11) is 0. The molecule has 0 aromatic heterocycles. The van der Waals surface area contributed by atoms with Gasteiger partial charge < -0.3 is 10.5 Å². The molecule has 0 spiro atoms. The molecule has 0 saturated heterocycles. The van der Waals surface area contributed by atoms with Crippen LogP contribution in [0.2, 0.25) is 5.02 Å². The van der Waals surface area contributed by atoms with Crippen molar-refractivity contribution in [3.05, 3.63) is 106 Å². The van der Waals surface area contributed by atoms with Gasteiger partial charge >= 0.3 is 0 Å². The molecule has 3 aromatic rings. The minimum absolute atomic E-state index is 0.0687. The van der Waals surface area contributed by atoms with Gasteiger partial charge in [0.2, 0.25) is 0 Å². The third-order valence-electron chi connectivity index (χ3n) is 4.48. The second kappa shape index (κ2) is 9.54. The Balaban J connectivity index is 1.51. The van der Waals surface area contributed by atoms with Crippen molar-refractivity contribution in [2.75, 3.05) is 6.54 Å². The van der Waals surface area contributed by atoms with Crippen LogP contribution in [0.1, 0.15) is 28.4 Å². The van der Waals surface area contributed by atoms with E-state index in [2.05, 4.69) is 48.5 Å². The summed E-state index contributed by atoms with van der Waals surface area (Å²) < 4.78 is 6.01. The molecule has 0 fully saturated rings. The number of nitrogens with two attached hydrogens (primary N) is 1. The van der Waals surface area contributed by atoms with Gasteiger partial charge in [-0.05, 0) is 47.2 Å². The highest BCUT2D eigenvalue weighted by Crippen LogP contribution is 2.18. The molecule has 26 heavy (non-hydrogen) atoms. The molecule has 2 nitrogen and oxygen atoms in total. The van der Waals surface area contributed by atoms with Gasteiger partial charge in [0.05, 0.1) is 12.7 Å². The zero-order valence-corrected chi connectivity index (χ0v) is 15.5. The van der Waals surface area contributed by atoms with Gasteiger partial charge in [0.1, 0.15) is 0 Å². The summed E-state index contributed by atoms with van der Waals surface area (Å²) in [5.74, 6) is 0. The molecule has 0 radical (unpaired) electrons. The second-order valence-corrected chi connectivity index (χ2v) is 6.83. The summed E-state index contributed by atoms with van der Waals surface area (Å²) in [6, 6.07) is 26.8. The summed E-state index contributed by atoms with van der Waals surface area (Å²) >= 11 is 5.93. The van der Waals surface area contributed by atoms with Crippen LogP contribution < -0.4 is 5.73 Å². The molecule has 0 aliphatic carbocycles. The molecule has 0 heterocycles. The summed E-state index contributed by atoms with van der Waals surface area (Å²) in [5, 5.41) is 0.782. The van der Waals surface area contributed by atoms with Crippen LogP contribution in [0.3, 0.4) is 0 Å². The zero-order chi connectivity index (χ0) is 18.2. The van der Waals surface area contributed by atoms with Crippen molar-refractivity contribution in [3.8, 4) is 0 Å². The third-order valence-corrected chi connectivity index (χ3v) is 4.73. The Hall–Kier alpha value is -2.13. The fourth-order valence-electron chi connectivity index (χ4n) is 2.91. The molecule has 3 heteroatoms. The highest BCUT2D eigenvalue weighted by Gasteiger charge is 2.09. The Morgan fingerprint density at radius 3 is 1.85 bits per heavy atom. The van der Waals surface area contributed by atoms with Crippen LogP contribution in [0, 0.1) is 0 Å². The van der Waals surface area contributed by atoms with Gasteiger partial charge in [0, 0.05) is 11.6 Å². The SMILES string of the molecule is NC[C@H](OCc1ccc(CCc2ccc(Cl)cc2)cc1)c1ccccc1. The number of hydrogen-bond acceptors (Lipinski definition) is 2.